The van der Waals surface area contributed by atoms with Gasteiger partial charge in [-0.3, -0.25) is 9.59 Å². The van der Waals surface area contributed by atoms with Gasteiger partial charge in [0.15, 0.2) is 11.5 Å². The van der Waals surface area contributed by atoms with Gasteiger partial charge in [-0.2, -0.15) is 0 Å². The van der Waals surface area contributed by atoms with Crippen molar-refractivity contribution in [3.05, 3.63) is 66.3 Å². The van der Waals surface area contributed by atoms with Crippen LogP contribution in [-0.2, 0) is 9.59 Å². The topological polar surface area (TPSA) is 83.8 Å². The largest absolute Gasteiger partial charge is 0.486 e. The fourth-order valence-corrected chi connectivity index (χ4v) is 8.66. The molecule has 2 aromatic rings. The quantitative estimate of drug-likeness (QED) is 0.586. The Bertz CT molecular complexity index is 1400. The highest BCUT2D eigenvalue weighted by Gasteiger charge is 2.75. The van der Waals surface area contributed by atoms with E-state index >= 15 is 4.39 Å². The first kappa shape index (κ1) is 25.4. The molecule has 0 aliphatic heterocycles. The summed E-state index contributed by atoms with van der Waals surface area (Å²) in [5, 5.41) is 25.7. The average Bonchev–Trinajstić information content (AvgIpc) is 3.10. The number of rotatable bonds is 4. The van der Waals surface area contributed by atoms with Gasteiger partial charge in [0.05, 0.1) is 6.10 Å². The highest BCUT2D eigenvalue weighted by Crippen LogP contribution is 2.70. The molecule has 2 N–H and O–H groups in total. The highest BCUT2D eigenvalue weighted by atomic mass is 19.1. The number of ketones is 2. The van der Waals surface area contributed by atoms with Gasteiger partial charge in [0.2, 0.25) is 5.78 Å². The summed E-state index contributed by atoms with van der Waals surface area (Å²) < 4.78 is 23.2. The van der Waals surface area contributed by atoms with Crippen LogP contribution in [0.3, 0.4) is 0 Å². The van der Waals surface area contributed by atoms with Gasteiger partial charge in [-0.05, 0) is 79.5 Å². The molecular weight excluding hydrogens is 483 g/mol. The lowest BCUT2D eigenvalue weighted by Crippen LogP contribution is -2.69. The van der Waals surface area contributed by atoms with Gasteiger partial charge in [0.25, 0.3) is 0 Å². The average molecular weight is 519 g/mol. The zero-order chi connectivity index (χ0) is 27.1. The second-order valence-electron chi connectivity index (χ2n) is 12.4. The third-order valence-electron chi connectivity index (χ3n) is 10.7. The van der Waals surface area contributed by atoms with E-state index in [1.807, 2.05) is 50.2 Å². The van der Waals surface area contributed by atoms with E-state index in [1.54, 1.807) is 19.1 Å². The maximum absolute atomic E-state index is 17.3. The number of benzene rings is 2. The van der Waals surface area contributed by atoms with Crippen LogP contribution in [0, 0.1) is 28.6 Å². The molecule has 38 heavy (non-hydrogen) atoms. The Kier molecular flexibility index (Phi) is 5.58. The molecular formula is C32H35FO5. The van der Waals surface area contributed by atoms with Gasteiger partial charge >= 0.3 is 0 Å². The first-order chi connectivity index (χ1) is 17.9. The summed E-state index contributed by atoms with van der Waals surface area (Å²) in [6.45, 7) is 5.15. The Labute approximate surface area is 222 Å². The maximum atomic E-state index is 17.3. The number of allylic oxidation sites excluding steroid dienone is 4. The second-order valence-corrected chi connectivity index (χ2v) is 12.4. The van der Waals surface area contributed by atoms with Crippen LogP contribution in [0.25, 0.3) is 10.8 Å². The molecule has 6 rings (SSSR count). The minimum Gasteiger partial charge on any atom is -0.486 e. The smallest absolute Gasteiger partial charge is 0.202 e. The number of halogens is 1. The van der Waals surface area contributed by atoms with Crippen molar-refractivity contribution in [2.75, 3.05) is 6.61 Å². The Balaban J connectivity index is 1.30. The molecule has 6 heteroatoms. The van der Waals surface area contributed by atoms with Crippen LogP contribution in [0.15, 0.2) is 66.3 Å². The first-order valence-corrected chi connectivity index (χ1v) is 13.6. The van der Waals surface area contributed by atoms with Crippen molar-refractivity contribution in [3.63, 3.8) is 0 Å². The normalized spacial score (nSPS) is 41.7. The molecule has 4 unspecified atom stereocenters. The predicted molar refractivity (Wildman–Crippen MR) is 142 cm³/mol. The van der Waals surface area contributed by atoms with Crippen LogP contribution in [0.1, 0.15) is 46.5 Å². The summed E-state index contributed by atoms with van der Waals surface area (Å²) in [5.41, 5.74) is -5.15. The number of Topliss-reactive ketones (excluding diaryl/α,β-unsaturated/α-hetero) is 1. The minimum absolute atomic E-state index is 0.0438. The molecule has 0 amide bonds. The van der Waals surface area contributed by atoms with Gasteiger partial charge in [0, 0.05) is 16.7 Å². The van der Waals surface area contributed by atoms with Crippen molar-refractivity contribution in [1.29, 1.82) is 0 Å². The summed E-state index contributed by atoms with van der Waals surface area (Å²) in [6.07, 6.45) is 4.58. The molecule has 0 aromatic heterocycles. The molecule has 2 aromatic carbocycles. The molecule has 0 saturated heterocycles. The standard InChI is InChI=1S/C32H35FO5/c1-19-14-26-25-11-9-22-16-23(34)12-13-29(22,2)31(25,33)27(35)17-30(26,3)32(19,37)28(36)18-38-24-10-8-20-6-4-5-7-21(20)15-24/h4-8,10,12-13,15-16,19,25-27,35,37H,9,11,14,17-18H2,1-3H3/t19-,25?,26?,27+,29?,30?,31+,32+/m1/s1. The molecule has 0 spiro atoms. The summed E-state index contributed by atoms with van der Waals surface area (Å²) in [6, 6.07) is 13.5. The summed E-state index contributed by atoms with van der Waals surface area (Å²) >= 11 is 0. The Morgan fingerprint density at radius 1 is 1.13 bits per heavy atom. The lowest BCUT2D eigenvalue weighted by molar-refractivity contribution is -0.219. The lowest BCUT2D eigenvalue weighted by atomic mass is 9.44. The molecule has 0 radical (unpaired) electrons. The van der Waals surface area contributed by atoms with E-state index in [2.05, 4.69) is 0 Å². The van der Waals surface area contributed by atoms with Crippen LogP contribution in [0.4, 0.5) is 4.39 Å². The number of aliphatic hydroxyl groups excluding tert-OH is 1. The number of carbonyl (C=O) groups excluding carboxylic acids is 2. The van der Waals surface area contributed by atoms with Gasteiger partial charge in [0.1, 0.15) is 18.0 Å². The van der Waals surface area contributed by atoms with Crippen molar-refractivity contribution in [2.45, 2.75) is 63.8 Å². The number of alkyl halides is 1. The monoisotopic (exact) mass is 518 g/mol. The van der Waals surface area contributed by atoms with Crippen molar-refractivity contribution in [3.8, 4) is 5.75 Å². The van der Waals surface area contributed by atoms with E-state index in [1.165, 1.54) is 12.2 Å². The van der Waals surface area contributed by atoms with Crippen LogP contribution >= 0.6 is 0 Å². The van der Waals surface area contributed by atoms with Gasteiger partial charge in [-0.15, -0.1) is 0 Å². The third-order valence-corrected chi connectivity index (χ3v) is 10.7. The van der Waals surface area contributed by atoms with E-state index in [-0.39, 0.29) is 24.7 Å². The van der Waals surface area contributed by atoms with Crippen molar-refractivity contribution in [2.24, 2.45) is 28.6 Å². The van der Waals surface area contributed by atoms with Gasteiger partial charge in [-0.25, -0.2) is 4.39 Å². The predicted octanol–water partition coefficient (Wildman–Crippen LogP) is 5.14. The Morgan fingerprint density at radius 3 is 2.63 bits per heavy atom. The van der Waals surface area contributed by atoms with Gasteiger partial charge in [-0.1, -0.05) is 55.8 Å². The number of hydrogen-bond donors (Lipinski definition) is 2. The lowest BCUT2D eigenvalue weighted by Gasteiger charge is -2.62. The van der Waals surface area contributed by atoms with Crippen LogP contribution in [-0.4, -0.2) is 45.8 Å². The zero-order valence-corrected chi connectivity index (χ0v) is 22.1. The van der Waals surface area contributed by atoms with E-state index in [9.17, 15) is 19.8 Å². The molecule has 4 aliphatic carbocycles. The highest BCUT2D eigenvalue weighted by molar-refractivity contribution is 6.01. The van der Waals surface area contributed by atoms with Crippen molar-refractivity contribution < 1.29 is 28.9 Å². The summed E-state index contributed by atoms with van der Waals surface area (Å²) in [5.74, 6) is -1.33. The number of ether oxygens (including phenoxy) is 1. The molecule has 8 atom stereocenters. The summed E-state index contributed by atoms with van der Waals surface area (Å²) in [4.78, 5) is 25.8. The number of aliphatic hydroxyl groups is 2. The van der Waals surface area contributed by atoms with Gasteiger partial charge < -0.3 is 14.9 Å². The molecule has 0 bridgehead atoms. The molecule has 3 fully saturated rings. The Hall–Kier alpha value is -2.83. The fourth-order valence-electron chi connectivity index (χ4n) is 8.66. The minimum atomic E-state index is -1.99. The number of fused-ring (bicyclic) bond motifs is 6. The molecule has 4 aliphatic rings. The van der Waals surface area contributed by atoms with E-state index in [4.69, 9.17) is 4.74 Å². The number of hydrogen-bond acceptors (Lipinski definition) is 5. The second kappa shape index (κ2) is 8.33. The molecule has 5 nitrogen and oxygen atoms in total. The van der Waals surface area contributed by atoms with Crippen LogP contribution < -0.4 is 4.74 Å². The van der Waals surface area contributed by atoms with E-state index in [0.717, 1.165) is 10.8 Å². The molecule has 200 valence electrons. The van der Waals surface area contributed by atoms with Crippen molar-refractivity contribution in [1.82, 2.24) is 0 Å². The van der Waals surface area contributed by atoms with Crippen molar-refractivity contribution >= 4 is 22.3 Å². The SMILES string of the molecule is C[C@@H]1CC2C3CCC4=CC(=O)C=CC4(C)[C@@]3(F)[C@@H](O)CC2(C)[C@@]1(O)C(=O)COc1ccc2ccccc2c1. The first-order valence-electron chi connectivity index (χ1n) is 13.6. The molecule has 3 saturated carbocycles. The van der Waals surface area contributed by atoms with Crippen LogP contribution in [0.5, 0.6) is 5.75 Å². The fraction of sp³-hybridized carbons (Fsp3) is 0.500. The van der Waals surface area contributed by atoms with E-state index < -0.39 is 45.8 Å². The maximum Gasteiger partial charge on any atom is 0.202 e. The zero-order valence-electron chi connectivity index (χ0n) is 22.1. The molecule has 0 heterocycles. The Morgan fingerprint density at radius 2 is 1.87 bits per heavy atom. The summed E-state index contributed by atoms with van der Waals surface area (Å²) in [7, 11) is 0. The van der Waals surface area contributed by atoms with E-state index in [0.29, 0.717) is 30.6 Å². The third kappa shape index (κ3) is 3.16. The number of carbonyl (C=O) groups is 2. The van der Waals surface area contributed by atoms with Crippen LogP contribution in [0.2, 0.25) is 0 Å².